The van der Waals surface area contributed by atoms with Crippen molar-refractivity contribution in [2.75, 3.05) is 30.9 Å². The number of halogens is 2. The smallest absolute Gasteiger partial charge is 0.253 e. The molecule has 7 heteroatoms. The standard InChI is InChI=1S/C13H18Cl2N2O3/c1-3-19-4-5-20-8(2)13(18)17-12-10(14)6-9(16)7-11(12)15/h6-8H,3-5,16H2,1-2H3,(H,17,18). The Morgan fingerprint density at radius 1 is 1.35 bits per heavy atom. The summed E-state index contributed by atoms with van der Waals surface area (Å²) in [7, 11) is 0. The van der Waals surface area contributed by atoms with Gasteiger partial charge in [0.15, 0.2) is 0 Å². The van der Waals surface area contributed by atoms with Crippen LogP contribution in [-0.2, 0) is 14.3 Å². The highest BCUT2D eigenvalue weighted by Crippen LogP contribution is 2.32. The molecule has 20 heavy (non-hydrogen) atoms. The Bertz CT molecular complexity index is 446. The van der Waals surface area contributed by atoms with Crippen LogP contribution in [0.25, 0.3) is 0 Å². The minimum atomic E-state index is -0.639. The van der Waals surface area contributed by atoms with Gasteiger partial charge in [-0.1, -0.05) is 23.2 Å². The van der Waals surface area contributed by atoms with Crippen LogP contribution in [0.5, 0.6) is 0 Å². The van der Waals surface area contributed by atoms with E-state index >= 15 is 0 Å². The zero-order chi connectivity index (χ0) is 15.1. The molecular formula is C13H18Cl2N2O3. The van der Waals surface area contributed by atoms with Gasteiger partial charge in [-0.15, -0.1) is 0 Å². The second-order valence-corrected chi connectivity index (χ2v) is 4.87. The van der Waals surface area contributed by atoms with Gasteiger partial charge in [0, 0.05) is 12.3 Å². The van der Waals surface area contributed by atoms with E-state index in [1.165, 1.54) is 12.1 Å². The van der Waals surface area contributed by atoms with Crippen LogP contribution in [0.2, 0.25) is 10.0 Å². The summed E-state index contributed by atoms with van der Waals surface area (Å²) in [5.74, 6) is -0.338. The number of anilines is 2. The zero-order valence-corrected chi connectivity index (χ0v) is 12.9. The van der Waals surface area contributed by atoms with Gasteiger partial charge in [0.05, 0.1) is 28.9 Å². The maximum absolute atomic E-state index is 11.9. The average molecular weight is 321 g/mol. The van der Waals surface area contributed by atoms with Crippen LogP contribution in [0.4, 0.5) is 11.4 Å². The Morgan fingerprint density at radius 3 is 2.50 bits per heavy atom. The second-order valence-electron chi connectivity index (χ2n) is 4.06. The molecule has 1 unspecified atom stereocenters. The lowest BCUT2D eigenvalue weighted by Gasteiger charge is -2.15. The zero-order valence-electron chi connectivity index (χ0n) is 11.4. The number of hydrogen-bond acceptors (Lipinski definition) is 4. The second kappa shape index (κ2) is 8.32. The predicted molar refractivity (Wildman–Crippen MR) is 81.4 cm³/mol. The monoisotopic (exact) mass is 320 g/mol. The Hall–Kier alpha value is -1.01. The molecule has 0 radical (unpaired) electrons. The third-order valence-corrected chi connectivity index (χ3v) is 3.08. The maximum atomic E-state index is 11.9. The van der Waals surface area contributed by atoms with Gasteiger partial charge in [-0.05, 0) is 26.0 Å². The molecule has 3 N–H and O–H groups in total. The number of benzene rings is 1. The minimum Gasteiger partial charge on any atom is -0.399 e. The van der Waals surface area contributed by atoms with Crippen LogP contribution in [-0.4, -0.2) is 31.8 Å². The van der Waals surface area contributed by atoms with E-state index in [-0.39, 0.29) is 16.0 Å². The van der Waals surface area contributed by atoms with Gasteiger partial charge < -0.3 is 20.5 Å². The molecule has 0 aliphatic rings. The Balaban J connectivity index is 2.57. The van der Waals surface area contributed by atoms with Crippen molar-refractivity contribution in [1.29, 1.82) is 0 Å². The molecule has 0 aromatic heterocycles. The maximum Gasteiger partial charge on any atom is 0.253 e. The number of carbonyl (C=O) groups is 1. The summed E-state index contributed by atoms with van der Waals surface area (Å²) < 4.78 is 10.5. The summed E-state index contributed by atoms with van der Waals surface area (Å²) in [6, 6.07) is 3.04. The number of nitrogens with one attached hydrogen (secondary N) is 1. The molecular weight excluding hydrogens is 303 g/mol. The van der Waals surface area contributed by atoms with Crippen molar-refractivity contribution in [3.63, 3.8) is 0 Å². The van der Waals surface area contributed by atoms with Gasteiger partial charge in [-0.2, -0.15) is 0 Å². The molecule has 1 aromatic rings. The molecule has 112 valence electrons. The van der Waals surface area contributed by atoms with Crippen LogP contribution in [0, 0.1) is 0 Å². The first-order valence-electron chi connectivity index (χ1n) is 6.20. The van der Waals surface area contributed by atoms with E-state index in [1.54, 1.807) is 6.92 Å². The summed E-state index contributed by atoms with van der Waals surface area (Å²) >= 11 is 12.0. The van der Waals surface area contributed by atoms with Crippen molar-refractivity contribution < 1.29 is 14.3 Å². The van der Waals surface area contributed by atoms with E-state index < -0.39 is 6.10 Å². The number of ether oxygens (including phenoxy) is 2. The molecule has 0 bridgehead atoms. The lowest BCUT2D eigenvalue weighted by molar-refractivity contribution is -0.127. The molecule has 0 heterocycles. The van der Waals surface area contributed by atoms with Crippen LogP contribution < -0.4 is 11.1 Å². The first kappa shape index (κ1) is 17.0. The number of hydrogen-bond donors (Lipinski definition) is 2. The van der Waals surface area contributed by atoms with Crippen LogP contribution in [0.15, 0.2) is 12.1 Å². The van der Waals surface area contributed by atoms with E-state index in [9.17, 15) is 4.79 Å². The molecule has 0 saturated carbocycles. The molecule has 0 fully saturated rings. The quantitative estimate of drug-likeness (QED) is 0.598. The van der Waals surface area contributed by atoms with Gasteiger partial charge in [-0.3, -0.25) is 4.79 Å². The highest BCUT2D eigenvalue weighted by molar-refractivity contribution is 6.40. The number of nitrogens with two attached hydrogens (primary N) is 1. The van der Waals surface area contributed by atoms with Crippen LogP contribution in [0.1, 0.15) is 13.8 Å². The van der Waals surface area contributed by atoms with E-state index in [4.69, 9.17) is 38.4 Å². The van der Waals surface area contributed by atoms with Gasteiger partial charge in [0.1, 0.15) is 6.10 Å². The molecule has 1 rings (SSSR count). The molecule has 5 nitrogen and oxygen atoms in total. The van der Waals surface area contributed by atoms with Gasteiger partial charge >= 0.3 is 0 Å². The predicted octanol–water partition coefficient (Wildman–Crippen LogP) is 2.96. The molecule has 0 aliphatic carbocycles. The summed E-state index contributed by atoms with van der Waals surface area (Å²) in [4.78, 5) is 11.9. The van der Waals surface area contributed by atoms with Crippen LogP contribution in [0.3, 0.4) is 0 Å². The third-order valence-electron chi connectivity index (χ3n) is 2.48. The molecule has 0 saturated heterocycles. The SMILES string of the molecule is CCOCCOC(C)C(=O)Nc1c(Cl)cc(N)cc1Cl. The first-order chi connectivity index (χ1) is 9.45. The van der Waals surface area contributed by atoms with Crippen molar-refractivity contribution in [2.24, 2.45) is 0 Å². The number of rotatable bonds is 7. The normalized spacial score (nSPS) is 12.2. The molecule has 0 aliphatic heterocycles. The Labute approximate surface area is 128 Å². The average Bonchev–Trinajstić information content (AvgIpc) is 2.38. The molecule has 1 aromatic carbocycles. The Morgan fingerprint density at radius 2 is 1.95 bits per heavy atom. The highest BCUT2D eigenvalue weighted by Gasteiger charge is 2.17. The fourth-order valence-corrected chi connectivity index (χ4v) is 2.04. The Kier molecular flexibility index (Phi) is 7.09. The summed E-state index contributed by atoms with van der Waals surface area (Å²) in [6.07, 6.45) is -0.639. The largest absolute Gasteiger partial charge is 0.399 e. The summed E-state index contributed by atoms with van der Waals surface area (Å²) in [6.45, 7) is 4.92. The fraction of sp³-hybridized carbons (Fsp3) is 0.462. The van der Waals surface area contributed by atoms with Crippen molar-refractivity contribution in [2.45, 2.75) is 20.0 Å². The lowest BCUT2D eigenvalue weighted by Crippen LogP contribution is -2.29. The van der Waals surface area contributed by atoms with Gasteiger partial charge in [0.2, 0.25) is 0 Å². The highest BCUT2D eigenvalue weighted by atomic mass is 35.5. The van der Waals surface area contributed by atoms with Crippen molar-refractivity contribution in [3.8, 4) is 0 Å². The number of nitrogen functional groups attached to an aromatic ring is 1. The van der Waals surface area contributed by atoms with E-state index in [0.29, 0.717) is 31.2 Å². The fourth-order valence-electron chi connectivity index (χ4n) is 1.44. The third kappa shape index (κ3) is 5.17. The molecule has 1 atom stereocenters. The molecule has 1 amide bonds. The molecule has 0 spiro atoms. The summed E-state index contributed by atoms with van der Waals surface area (Å²) in [5.41, 5.74) is 6.35. The van der Waals surface area contributed by atoms with E-state index in [2.05, 4.69) is 5.32 Å². The first-order valence-corrected chi connectivity index (χ1v) is 6.96. The lowest BCUT2D eigenvalue weighted by atomic mass is 10.2. The topological polar surface area (TPSA) is 73.6 Å². The van der Waals surface area contributed by atoms with Crippen molar-refractivity contribution in [1.82, 2.24) is 0 Å². The van der Waals surface area contributed by atoms with E-state index in [0.717, 1.165) is 0 Å². The van der Waals surface area contributed by atoms with Crippen LogP contribution >= 0.6 is 23.2 Å². The van der Waals surface area contributed by atoms with Gasteiger partial charge in [-0.25, -0.2) is 0 Å². The minimum absolute atomic E-state index is 0.282. The van der Waals surface area contributed by atoms with Crippen molar-refractivity contribution >= 4 is 40.5 Å². The van der Waals surface area contributed by atoms with Crippen molar-refractivity contribution in [3.05, 3.63) is 22.2 Å². The summed E-state index contributed by atoms with van der Waals surface area (Å²) in [5, 5.41) is 3.19. The van der Waals surface area contributed by atoms with Gasteiger partial charge in [0.25, 0.3) is 5.91 Å². The number of amides is 1. The van der Waals surface area contributed by atoms with E-state index in [1.807, 2.05) is 6.92 Å². The number of carbonyl (C=O) groups excluding carboxylic acids is 1.